The molecule has 1 aliphatic carbocycles. The number of hydrogen-bond donors (Lipinski definition) is 1. The van der Waals surface area contributed by atoms with Crippen LogP contribution >= 0.6 is 31.9 Å². The minimum Gasteiger partial charge on any atom is -0.388 e. The summed E-state index contributed by atoms with van der Waals surface area (Å²) >= 11 is 7.21. The monoisotopic (exact) mass is 411 g/mol. The van der Waals surface area contributed by atoms with Crippen molar-refractivity contribution in [2.24, 2.45) is 5.41 Å². The van der Waals surface area contributed by atoms with E-state index in [9.17, 15) is 5.11 Å². The van der Waals surface area contributed by atoms with Crippen LogP contribution in [0.5, 0.6) is 0 Å². The highest BCUT2D eigenvalue weighted by Gasteiger charge is 2.34. The molecule has 0 saturated carbocycles. The van der Waals surface area contributed by atoms with E-state index in [1.807, 2.05) is 6.07 Å². The number of aromatic nitrogens is 1. The third kappa shape index (κ3) is 2.73. The van der Waals surface area contributed by atoms with Gasteiger partial charge in [-0.25, -0.2) is 0 Å². The van der Waals surface area contributed by atoms with Crippen LogP contribution in [0.3, 0.4) is 0 Å². The maximum absolute atomic E-state index is 10.5. The Bertz CT molecular complexity index is 703. The molecular weight excluding hydrogens is 394 g/mol. The van der Waals surface area contributed by atoms with Crippen LogP contribution in [0.15, 0.2) is 33.2 Å². The second-order valence-corrected chi connectivity index (χ2v) is 8.45. The molecule has 0 spiro atoms. The molecule has 2 aromatic rings. The van der Waals surface area contributed by atoms with Gasteiger partial charge in [-0.05, 0) is 65.4 Å². The molecule has 1 aromatic carbocycles. The van der Waals surface area contributed by atoms with Crippen molar-refractivity contribution < 1.29 is 5.11 Å². The topological polar surface area (TPSA) is 25.2 Å². The van der Waals surface area contributed by atoms with Crippen LogP contribution in [0, 0.1) is 12.3 Å². The summed E-state index contributed by atoms with van der Waals surface area (Å²) in [7, 11) is 0. The lowest BCUT2D eigenvalue weighted by Gasteiger charge is -2.34. The Labute approximate surface area is 142 Å². The first-order valence-corrected chi connectivity index (χ1v) is 8.72. The van der Waals surface area contributed by atoms with Gasteiger partial charge in [0.25, 0.3) is 0 Å². The van der Waals surface area contributed by atoms with Crippen LogP contribution < -0.4 is 0 Å². The lowest BCUT2D eigenvalue weighted by molar-refractivity contribution is 0.0987. The Kier molecular flexibility index (Phi) is 3.83. The zero-order valence-corrected chi connectivity index (χ0v) is 15.6. The fraction of sp³-hybridized carbons (Fsp3) is 0.412. The zero-order chi connectivity index (χ0) is 15.4. The van der Waals surface area contributed by atoms with Gasteiger partial charge >= 0.3 is 0 Å². The molecule has 1 aromatic heterocycles. The van der Waals surface area contributed by atoms with E-state index in [0.29, 0.717) is 0 Å². The normalized spacial score (nSPS) is 20.4. The van der Waals surface area contributed by atoms with E-state index in [-0.39, 0.29) is 11.5 Å². The van der Waals surface area contributed by atoms with Gasteiger partial charge in [0.05, 0.1) is 11.8 Å². The van der Waals surface area contributed by atoms with Gasteiger partial charge in [-0.2, -0.15) is 0 Å². The smallest absolute Gasteiger partial charge is 0.0812 e. The molecule has 0 radical (unpaired) electrons. The molecule has 1 unspecified atom stereocenters. The van der Waals surface area contributed by atoms with E-state index in [0.717, 1.165) is 38.7 Å². The first-order valence-electron chi connectivity index (χ1n) is 7.13. The van der Waals surface area contributed by atoms with Gasteiger partial charge in [-0.1, -0.05) is 29.8 Å². The second kappa shape index (κ2) is 5.25. The lowest BCUT2D eigenvalue weighted by atomic mass is 9.75. The Balaban J connectivity index is 2.23. The summed E-state index contributed by atoms with van der Waals surface area (Å²) < 4.78 is 4.39. The molecule has 112 valence electrons. The first-order chi connectivity index (χ1) is 9.78. The van der Waals surface area contributed by atoms with Crippen molar-refractivity contribution in [3.8, 4) is 5.69 Å². The van der Waals surface area contributed by atoms with Crippen molar-refractivity contribution in [2.75, 3.05) is 0 Å². The Morgan fingerprint density at radius 3 is 2.67 bits per heavy atom. The molecule has 0 aliphatic heterocycles. The van der Waals surface area contributed by atoms with Gasteiger partial charge in [0.1, 0.15) is 0 Å². The summed E-state index contributed by atoms with van der Waals surface area (Å²) in [6.07, 6.45) is 1.43. The number of aliphatic hydroxyl groups is 1. The lowest BCUT2D eigenvalue weighted by Crippen LogP contribution is -2.26. The minimum absolute atomic E-state index is 0.119. The quantitative estimate of drug-likeness (QED) is 0.673. The molecule has 1 heterocycles. The largest absolute Gasteiger partial charge is 0.388 e. The molecule has 3 rings (SSSR count). The van der Waals surface area contributed by atoms with Crippen molar-refractivity contribution in [1.82, 2.24) is 4.57 Å². The maximum atomic E-state index is 10.5. The molecular formula is C17H19Br2NO. The Hall–Kier alpha value is -0.580. The van der Waals surface area contributed by atoms with Crippen molar-refractivity contribution in [3.63, 3.8) is 0 Å². The highest BCUT2D eigenvalue weighted by atomic mass is 79.9. The summed E-state index contributed by atoms with van der Waals surface area (Å²) in [5.74, 6) is 0. The standard InChI is InChI=1S/C17H19Br2NO/c1-10-6-12-15(8-17(2,3)9-16(12)21)20(10)14-7-11(18)4-5-13(14)19/h4-7,16,21H,8-9H2,1-3H3. The predicted octanol–water partition coefficient (Wildman–Crippen LogP) is 5.32. The summed E-state index contributed by atoms with van der Waals surface area (Å²) in [6.45, 7) is 6.55. The average Bonchev–Trinajstić information content (AvgIpc) is 2.68. The number of hydrogen-bond acceptors (Lipinski definition) is 1. The first kappa shape index (κ1) is 15.3. The number of aryl methyl sites for hydroxylation is 1. The molecule has 0 bridgehead atoms. The fourth-order valence-corrected chi connectivity index (χ4v) is 4.11. The van der Waals surface area contributed by atoms with Gasteiger partial charge in [-0.15, -0.1) is 0 Å². The fourth-order valence-electron chi connectivity index (χ4n) is 3.34. The number of benzene rings is 1. The zero-order valence-electron chi connectivity index (χ0n) is 12.5. The maximum Gasteiger partial charge on any atom is 0.0812 e. The van der Waals surface area contributed by atoms with Crippen molar-refractivity contribution in [3.05, 3.63) is 50.2 Å². The average molecular weight is 413 g/mol. The number of fused-ring (bicyclic) bond motifs is 1. The van der Waals surface area contributed by atoms with Gasteiger partial charge in [-0.3, -0.25) is 0 Å². The van der Waals surface area contributed by atoms with E-state index >= 15 is 0 Å². The van der Waals surface area contributed by atoms with E-state index in [1.165, 1.54) is 5.69 Å². The molecule has 4 heteroatoms. The van der Waals surface area contributed by atoms with E-state index in [2.05, 4.69) is 75.4 Å². The molecule has 2 nitrogen and oxygen atoms in total. The highest BCUT2D eigenvalue weighted by Crippen LogP contribution is 2.43. The summed E-state index contributed by atoms with van der Waals surface area (Å²) in [6, 6.07) is 8.32. The molecule has 0 fully saturated rings. The predicted molar refractivity (Wildman–Crippen MR) is 93.0 cm³/mol. The summed E-state index contributed by atoms with van der Waals surface area (Å²) in [5, 5.41) is 10.5. The van der Waals surface area contributed by atoms with Gasteiger partial charge in [0.15, 0.2) is 0 Å². The molecule has 21 heavy (non-hydrogen) atoms. The van der Waals surface area contributed by atoms with Crippen molar-refractivity contribution in [2.45, 2.75) is 39.7 Å². The number of aliphatic hydroxyl groups excluding tert-OH is 1. The third-order valence-corrected chi connectivity index (χ3v) is 5.38. The highest BCUT2D eigenvalue weighted by molar-refractivity contribution is 9.11. The SMILES string of the molecule is Cc1cc2c(n1-c1cc(Br)ccc1Br)CC(C)(C)CC2O. The van der Waals surface area contributed by atoms with Crippen LogP contribution in [0.1, 0.15) is 43.3 Å². The molecule has 0 saturated heterocycles. The molecule has 1 N–H and O–H groups in total. The van der Waals surface area contributed by atoms with Crippen LogP contribution in [0.25, 0.3) is 5.69 Å². The number of rotatable bonds is 1. The van der Waals surface area contributed by atoms with Gasteiger partial charge in [0, 0.05) is 25.9 Å². The van der Waals surface area contributed by atoms with Crippen LogP contribution in [0.4, 0.5) is 0 Å². The molecule has 1 atom stereocenters. The van der Waals surface area contributed by atoms with E-state index in [1.54, 1.807) is 0 Å². The van der Waals surface area contributed by atoms with Crippen LogP contribution in [-0.4, -0.2) is 9.67 Å². The van der Waals surface area contributed by atoms with Crippen LogP contribution in [-0.2, 0) is 6.42 Å². The Morgan fingerprint density at radius 1 is 1.24 bits per heavy atom. The van der Waals surface area contributed by atoms with E-state index < -0.39 is 0 Å². The van der Waals surface area contributed by atoms with Gasteiger partial charge in [0.2, 0.25) is 0 Å². The second-order valence-electron chi connectivity index (χ2n) is 6.68. The summed E-state index contributed by atoms with van der Waals surface area (Å²) in [5.41, 5.74) is 4.71. The van der Waals surface area contributed by atoms with Crippen LogP contribution in [0.2, 0.25) is 0 Å². The molecule has 0 amide bonds. The third-order valence-electron chi connectivity index (χ3n) is 4.22. The number of nitrogens with zero attached hydrogens (tertiary/aromatic N) is 1. The summed E-state index contributed by atoms with van der Waals surface area (Å²) in [4.78, 5) is 0. The van der Waals surface area contributed by atoms with E-state index in [4.69, 9.17) is 0 Å². The van der Waals surface area contributed by atoms with Crippen molar-refractivity contribution in [1.29, 1.82) is 0 Å². The minimum atomic E-state index is -0.366. The number of halogens is 2. The van der Waals surface area contributed by atoms with Crippen molar-refractivity contribution >= 4 is 31.9 Å². The van der Waals surface area contributed by atoms with Gasteiger partial charge < -0.3 is 9.67 Å². The Morgan fingerprint density at radius 2 is 1.95 bits per heavy atom. The molecule has 1 aliphatic rings.